The standard InChI is InChI=1S/C11H20N2O/c12-10(14)8-13-7-6-11(9-13)4-2-1-3-5-11/h1-9H2,(H2,12,14). The number of nitrogens with zero attached hydrogens (tertiary/aromatic N) is 1. The van der Waals surface area contributed by atoms with Gasteiger partial charge in [0.1, 0.15) is 0 Å². The molecule has 1 heterocycles. The first-order valence-electron chi connectivity index (χ1n) is 5.71. The smallest absolute Gasteiger partial charge is 0.231 e. The number of primary amides is 1. The number of carbonyl (C=O) groups is 1. The number of likely N-dealkylation sites (tertiary alicyclic amines) is 1. The molecule has 2 aliphatic rings. The summed E-state index contributed by atoms with van der Waals surface area (Å²) in [7, 11) is 0. The second-order valence-corrected chi connectivity index (χ2v) is 4.99. The molecule has 1 aliphatic carbocycles. The van der Waals surface area contributed by atoms with Crippen LogP contribution in [0.15, 0.2) is 0 Å². The van der Waals surface area contributed by atoms with Gasteiger partial charge in [0.2, 0.25) is 5.91 Å². The number of nitrogens with two attached hydrogens (primary N) is 1. The Hall–Kier alpha value is -0.570. The van der Waals surface area contributed by atoms with Gasteiger partial charge < -0.3 is 5.73 Å². The lowest BCUT2D eigenvalue weighted by molar-refractivity contribution is -0.119. The van der Waals surface area contributed by atoms with Gasteiger partial charge >= 0.3 is 0 Å². The van der Waals surface area contributed by atoms with Gasteiger partial charge in [0, 0.05) is 6.54 Å². The third kappa shape index (κ3) is 2.08. The number of amides is 1. The van der Waals surface area contributed by atoms with Crippen molar-refractivity contribution in [2.24, 2.45) is 11.1 Å². The van der Waals surface area contributed by atoms with Crippen LogP contribution in [0, 0.1) is 5.41 Å². The maximum atomic E-state index is 10.8. The Labute approximate surface area is 85.6 Å². The zero-order valence-corrected chi connectivity index (χ0v) is 8.80. The maximum Gasteiger partial charge on any atom is 0.231 e. The fraction of sp³-hybridized carbons (Fsp3) is 0.909. The normalized spacial score (nSPS) is 26.9. The molecule has 0 atom stereocenters. The summed E-state index contributed by atoms with van der Waals surface area (Å²) >= 11 is 0. The lowest BCUT2D eigenvalue weighted by Gasteiger charge is -2.33. The maximum absolute atomic E-state index is 10.8. The molecule has 0 bridgehead atoms. The molecule has 0 aromatic heterocycles. The molecule has 14 heavy (non-hydrogen) atoms. The molecule has 1 spiro atoms. The van der Waals surface area contributed by atoms with Crippen molar-refractivity contribution in [3.63, 3.8) is 0 Å². The summed E-state index contributed by atoms with van der Waals surface area (Å²) in [6, 6.07) is 0. The van der Waals surface area contributed by atoms with Gasteiger partial charge in [0.15, 0.2) is 0 Å². The molecule has 1 amide bonds. The van der Waals surface area contributed by atoms with Gasteiger partial charge in [0.25, 0.3) is 0 Å². The average Bonchev–Trinajstić information content (AvgIpc) is 2.49. The zero-order chi connectivity index (χ0) is 10.0. The minimum Gasteiger partial charge on any atom is -0.369 e. The van der Waals surface area contributed by atoms with Gasteiger partial charge in [-0.15, -0.1) is 0 Å². The zero-order valence-electron chi connectivity index (χ0n) is 8.80. The highest BCUT2D eigenvalue weighted by Gasteiger charge is 2.38. The fourth-order valence-electron chi connectivity index (χ4n) is 3.09. The summed E-state index contributed by atoms with van der Waals surface area (Å²) in [6.45, 7) is 2.64. The Morgan fingerprint density at radius 1 is 1.21 bits per heavy atom. The van der Waals surface area contributed by atoms with Gasteiger partial charge in [-0.1, -0.05) is 19.3 Å². The number of rotatable bonds is 2. The molecule has 2 fully saturated rings. The van der Waals surface area contributed by atoms with Crippen LogP contribution in [0.5, 0.6) is 0 Å². The summed E-state index contributed by atoms with van der Waals surface area (Å²) in [4.78, 5) is 13.0. The van der Waals surface area contributed by atoms with E-state index < -0.39 is 0 Å². The van der Waals surface area contributed by atoms with Crippen LogP contribution in [0.4, 0.5) is 0 Å². The van der Waals surface area contributed by atoms with E-state index in [1.165, 1.54) is 38.5 Å². The van der Waals surface area contributed by atoms with Gasteiger partial charge in [-0.3, -0.25) is 9.69 Å². The first-order valence-corrected chi connectivity index (χ1v) is 5.71. The Bertz CT molecular complexity index is 221. The molecule has 1 saturated heterocycles. The topological polar surface area (TPSA) is 46.3 Å². The third-order valence-corrected chi connectivity index (χ3v) is 3.81. The SMILES string of the molecule is NC(=O)CN1CCC2(CCCCC2)C1. The lowest BCUT2D eigenvalue weighted by Crippen LogP contribution is -2.34. The van der Waals surface area contributed by atoms with Crippen molar-refractivity contribution in [1.29, 1.82) is 0 Å². The monoisotopic (exact) mass is 196 g/mol. The average molecular weight is 196 g/mol. The van der Waals surface area contributed by atoms with Gasteiger partial charge in [0.05, 0.1) is 6.54 Å². The van der Waals surface area contributed by atoms with Crippen LogP contribution < -0.4 is 5.73 Å². The molecule has 3 nitrogen and oxygen atoms in total. The summed E-state index contributed by atoms with van der Waals surface area (Å²) in [6.07, 6.45) is 8.16. The minimum absolute atomic E-state index is 0.183. The van der Waals surface area contributed by atoms with E-state index in [0.717, 1.165) is 13.1 Å². The van der Waals surface area contributed by atoms with Crippen molar-refractivity contribution in [2.45, 2.75) is 38.5 Å². The predicted molar refractivity (Wildman–Crippen MR) is 55.8 cm³/mol. The molecule has 1 saturated carbocycles. The molecule has 2 rings (SSSR count). The summed E-state index contributed by atoms with van der Waals surface area (Å²) in [5.41, 5.74) is 5.76. The Morgan fingerprint density at radius 3 is 2.57 bits per heavy atom. The second-order valence-electron chi connectivity index (χ2n) is 4.99. The van der Waals surface area contributed by atoms with Crippen LogP contribution in [0.1, 0.15) is 38.5 Å². The van der Waals surface area contributed by atoms with E-state index in [-0.39, 0.29) is 5.91 Å². The lowest BCUT2D eigenvalue weighted by atomic mass is 9.73. The first kappa shape index (κ1) is 9.97. The van der Waals surface area contributed by atoms with Crippen LogP contribution in [0.3, 0.4) is 0 Å². The Morgan fingerprint density at radius 2 is 1.93 bits per heavy atom. The largest absolute Gasteiger partial charge is 0.369 e. The molecule has 80 valence electrons. The molecule has 3 heteroatoms. The molecule has 2 N–H and O–H groups in total. The van der Waals surface area contributed by atoms with Crippen molar-refractivity contribution in [2.75, 3.05) is 19.6 Å². The highest BCUT2D eigenvalue weighted by molar-refractivity contribution is 5.75. The molecular weight excluding hydrogens is 176 g/mol. The van der Waals surface area contributed by atoms with E-state index >= 15 is 0 Å². The van der Waals surface area contributed by atoms with Gasteiger partial charge in [-0.05, 0) is 31.2 Å². The van der Waals surface area contributed by atoms with Crippen molar-refractivity contribution < 1.29 is 4.79 Å². The number of hydrogen-bond acceptors (Lipinski definition) is 2. The van der Waals surface area contributed by atoms with Crippen LogP contribution in [-0.4, -0.2) is 30.4 Å². The van der Waals surface area contributed by atoms with Crippen molar-refractivity contribution in [1.82, 2.24) is 4.90 Å². The van der Waals surface area contributed by atoms with Gasteiger partial charge in [-0.25, -0.2) is 0 Å². The Kier molecular flexibility index (Phi) is 2.77. The molecule has 0 aromatic rings. The van der Waals surface area contributed by atoms with Crippen LogP contribution >= 0.6 is 0 Å². The van der Waals surface area contributed by atoms with Crippen molar-refractivity contribution >= 4 is 5.91 Å². The van der Waals surface area contributed by atoms with E-state index in [2.05, 4.69) is 4.90 Å². The minimum atomic E-state index is -0.183. The van der Waals surface area contributed by atoms with Crippen LogP contribution in [0.25, 0.3) is 0 Å². The van der Waals surface area contributed by atoms with Crippen molar-refractivity contribution in [3.05, 3.63) is 0 Å². The fourth-order valence-corrected chi connectivity index (χ4v) is 3.09. The molecular formula is C11H20N2O. The van der Waals surface area contributed by atoms with Crippen molar-refractivity contribution in [3.8, 4) is 0 Å². The van der Waals surface area contributed by atoms with E-state index in [0.29, 0.717) is 12.0 Å². The summed E-state index contributed by atoms with van der Waals surface area (Å²) < 4.78 is 0. The second kappa shape index (κ2) is 3.89. The Balaban J connectivity index is 1.89. The molecule has 1 aliphatic heterocycles. The van der Waals surface area contributed by atoms with E-state index in [9.17, 15) is 4.79 Å². The molecule has 0 aromatic carbocycles. The molecule has 0 radical (unpaired) electrons. The van der Waals surface area contributed by atoms with E-state index in [4.69, 9.17) is 5.73 Å². The summed E-state index contributed by atoms with van der Waals surface area (Å²) in [5.74, 6) is -0.183. The summed E-state index contributed by atoms with van der Waals surface area (Å²) in [5, 5.41) is 0. The molecule has 0 unspecified atom stereocenters. The van der Waals surface area contributed by atoms with Crippen LogP contribution in [0.2, 0.25) is 0 Å². The highest BCUT2D eigenvalue weighted by Crippen LogP contribution is 2.43. The van der Waals surface area contributed by atoms with Gasteiger partial charge in [-0.2, -0.15) is 0 Å². The number of carbonyl (C=O) groups excluding carboxylic acids is 1. The van der Waals surface area contributed by atoms with E-state index in [1.807, 2.05) is 0 Å². The highest BCUT2D eigenvalue weighted by atomic mass is 16.1. The van der Waals surface area contributed by atoms with Crippen LogP contribution in [-0.2, 0) is 4.79 Å². The number of hydrogen-bond donors (Lipinski definition) is 1. The predicted octanol–water partition coefficient (Wildman–Crippen LogP) is 1.13. The third-order valence-electron chi connectivity index (χ3n) is 3.81. The van der Waals surface area contributed by atoms with E-state index in [1.54, 1.807) is 0 Å². The quantitative estimate of drug-likeness (QED) is 0.719. The first-order chi connectivity index (χ1) is 6.70.